The molecule has 0 fully saturated rings. The van der Waals surface area contributed by atoms with E-state index in [1.807, 2.05) is 12.1 Å². The van der Waals surface area contributed by atoms with E-state index in [0.29, 0.717) is 6.54 Å². The summed E-state index contributed by atoms with van der Waals surface area (Å²) in [4.78, 5) is 0. The van der Waals surface area contributed by atoms with E-state index in [0.717, 1.165) is 23.6 Å². The highest BCUT2D eigenvalue weighted by molar-refractivity contribution is 5.88. The molecule has 0 bridgehead atoms. The van der Waals surface area contributed by atoms with Crippen molar-refractivity contribution in [3.8, 4) is 11.5 Å². The molecule has 1 aromatic heterocycles. The van der Waals surface area contributed by atoms with Crippen LogP contribution in [0.15, 0.2) is 12.1 Å². The lowest BCUT2D eigenvalue weighted by molar-refractivity contribution is 0.355. The van der Waals surface area contributed by atoms with E-state index in [9.17, 15) is 0 Å². The van der Waals surface area contributed by atoms with Gasteiger partial charge in [-0.15, -0.1) is 0 Å². The van der Waals surface area contributed by atoms with E-state index < -0.39 is 0 Å². The molecule has 0 atom stereocenters. The van der Waals surface area contributed by atoms with Gasteiger partial charge in [-0.2, -0.15) is 0 Å². The summed E-state index contributed by atoms with van der Waals surface area (Å²) >= 11 is 0. The predicted octanol–water partition coefficient (Wildman–Crippen LogP) is 2.23. The number of aromatic nitrogens is 1. The lowest BCUT2D eigenvalue weighted by Crippen LogP contribution is -2.10. The SMILES string of the molecule is COc1cc2c(C)c(C)n(CCN)c2cc1OC. The smallest absolute Gasteiger partial charge is 0.162 e. The number of fused-ring (bicyclic) bond motifs is 1. The molecule has 1 aromatic carbocycles. The maximum absolute atomic E-state index is 5.68. The number of hydrogen-bond acceptors (Lipinski definition) is 3. The van der Waals surface area contributed by atoms with Gasteiger partial charge in [0.25, 0.3) is 0 Å². The van der Waals surface area contributed by atoms with Crippen LogP contribution < -0.4 is 15.2 Å². The van der Waals surface area contributed by atoms with Gasteiger partial charge in [-0.3, -0.25) is 0 Å². The summed E-state index contributed by atoms with van der Waals surface area (Å²) in [6, 6.07) is 4.05. The largest absolute Gasteiger partial charge is 0.493 e. The van der Waals surface area contributed by atoms with Crippen molar-refractivity contribution in [1.82, 2.24) is 4.57 Å². The van der Waals surface area contributed by atoms with E-state index in [1.54, 1.807) is 14.2 Å². The van der Waals surface area contributed by atoms with Crippen molar-refractivity contribution >= 4 is 10.9 Å². The molecule has 4 heteroatoms. The first-order valence-corrected chi connectivity index (χ1v) is 6.05. The maximum atomic E-state index is 5.68. The average Bonchev–Trinajstić information content (AvgIpc) is 2.62. The molecule has 4 nitrogen and oxygen atoms in total. The summed E-state index contributed by atoms with van der Waals surface area (Å²) in [5, 5.41) is 1.19. The number of ether oxygens (including phenoxy) is 2. The van der Waals surface area contributed by atoms with Crippen molar-refractivity contribution in [2.24, 2.45) is 5.73 Å². The Morgan fingerprint density at radius 3 is 2.28 bits per heavy atom. The molecule has 0 unspecified atom stereocenters. The van der Waals surface area contributed by atoms with Gasteiger partial charge in [-0.1, -0.05) is 0 Å². The van der Waals surface area contributed by atoms with Gasteiger partial charge in [0.05, 0.1) is 19.7 Å². The van der Waals surface area contributed by atoms with Crippen molar-refractivity contribution in [2.45, 2.75) is 20.4 Å². The highest BCUT2D eigenvalue weighted by Crippen LogP contribution is 2.35. The molecule has 1 heterocycles. The number of hydrogen-bond donors (Lipinski definition) is 1. The first-order chi connectivity index (χ1) is 8.63. The molecule has 2 rings (SSSR count). The molecule has 2 aromatic rings. The zero-order chi connectivity index (χ0) is 13.3. The van der Waals surface area contributed by atoms with Gasteiger partial charge in [-0.05, 0) is 25.5 Å². The summed E-state index contributed by atoms with van der Waals surface area (Å²) in [6.45, 7) is 5.67. The Kier molecular flexibility index (Phi) is 3.48. The van der Waals surface area contributed by atoms with Crippen LogP contribution in [0.3, 0.4) is 0 Å². The molecule has 18 heavy (non-hydrogen) atoms. The lowest BCUT2D eigenvalue weighted by atomic mass is 10.1. The van der Waals surface area contributed by atoms with Crippen LogP contribution in [-0.4, -0.2) is 25.3 Å². The minimum absolute atomic E-state index is 0.623. The average molecular weight is 248 g/mol. The van der Waals surface area contributed by atoms with Crippen LogP contribution in [0, 0.1) is 13.8 Å². The standard InChI is InChI=1S/C14H20N2O2/c1-9-10(2)16(6-5-15)12-8-14(18-4)13(17-3)7-11(9)12/h7-8H,5-6,15H2,1-4H3. The third-order valence-corrected chi connectivity index (χ3v) is 3.50. The van der Waals surface area contributed by atoms with Crippen LogP contribution in [0.1, 0.15) is 11.3 Å². The van der Waals surface area contributed by atoms with Crippen LogP contribution in [0.25, 0.3) is 10.9 Å². The second-order valence-electron chi connectivity index (χ2n) is 4.38. The van der Waals surface area contributed by atoms with Gasteiger partial charge >= 0.3 is 0 Å². The second-order valence-corrected chi connectivity index (χ2v) is 4.38. The van der Waals surface area contributed by atoms with Gasteiger partial charge in [0, 0.05) is 30.2 Å². The molecule has 0 saturated heterocycles. The van der Waals surface area contributed by atoms with Gasteiger partial charge in [0.15, 0.2) is 11.5 Å². The molecular weight excluding hydrogens is 228 g/mol. The molecule has 0 amide bonds. The fourth-order valence-corrected chi connectivity index (χ4v) is 2.39. The molecule has 0 aliphatic carbocycles. The Morgan fingerprint density at radius 1 is 1.11 bits per heavy atom. The van der Waals surface area contributed by atoms with Gasteiger partial charge in [-0.25, -0.2) is 0 Å². The van der Waals surface area contributed by atoms with Crippen molar-refractivity contribution in [2.75, 3.05) is 20.8 Å². The summed E-state index contributed by atoms with van der Waals surface area (Å²) in [5.74, 6) is 1.51. The highest BCUT2D eigenvalue weighted by atomic mass is 16.5. The minimum atomic E-state index is 0.623. The van der Waals surface area contributed by atoms with E-state index in [2.05, 4.69) is 18.4 Å². The Balaban J connectivity index is 2.75. The maximum Gasteiger partial charge on any atom is 0.162 e. The Morgan fingerprint density at radius 2 is 1.72 bits per heavy atom. The number of nitrogens with two attached hydrogens (primary N) is 1. The Bertz CT molecular complexity index is 573. The summed E-state index contributed by atoms with van der Waals surface area (Å²) in [7, 11) is 3.31. The Labute approximate surface area is 107 Å². The first kappa shape index (κ1) is 12.8. The zero-order valence-corrected chi connectivity index (χ0v) is 11.4. The molecule has 2 N–H and O–H groups in total. The summed E-state index contributed by atoms with van der Waals surface area (Å²) < 4.78 is 12.9. The van der Waals surface area contributed by atoms with Crippen molar-refractivity contribution in [3.05, 3.63) is 23.4 Å². The number of benzene rings is 1. The fourth-order valence-electron chi connectivity index (χ4n) is 2.39. The second kappa shape index (κ2) is 4.90. The Hall–Kier alpha value is -1.68. The molecular formula is C14H20N2O2. The van der Waals surface area contributed by atoms with Crippen molar-refractivity contribution < 1.29 is 9.47 Å². The zero-order valence-electron chi connectivity index (χ0n) is 11.4. The molecule has 0 aliphatic rings. The third kappa shape index (κ3) is 1.82. The quantitative estimate of drug-likeness (QED) is 0.902. The molecule has 98 valence electrons. The number of methoxy groups -OCH3 is 2. The monoisotopic (exact) mass is 248 g/mol. The molecule has 0 spiro atoms. The first-order valence-electron chi connectivity index (χ1n) is 6.05. The van der Waals surface area contributed by atoms with E-state index in [4.69, 9.17) is 15.2 Å². The highest BCUT2D eigenvalue weighted by Gasteiger charge is 2.14. The molecule has 0 radical (unpaired) electrons. The topological polar surface area (TPSA) is 49.4 Å². The van der Waals surface area contributed by atoms with Crippen LogP contribution in [-0.2, 0) is 6.54 Å². The molecule has 0 aliphatic heterocycles. The third-order valence-electron chi connectivity index (χ3n) is 3.50. The van der Waals surface area contributed by atoms with Crippen LogP contribution >= 0.6 is 0 Å². The van der Waals surface area contributed by atoms with Crippen LogP contribution in [0.4, 0.5) is 0 Å². The van der Waals surface area contributed by atoms with Gasteiger partial charge in [0.1, 0.15) is 0 Å². The lowest BCUT2D eigenvalue weighted by Gasteiger charge is -2.10. The number of nitrogens with zero attached hydrogens (tertiary/aromatic N) is 1. The van der Waals surface area contributed by atoms with Crippen LogP contribution in [0.2, 0.25) is 0 Å². The van der Waals surface area contributed by atoms with E-state index in [-0.39, 0.29) is 0 Å². The number of aryl methyl sites for hydroxylation is 1. The van der Waals surface area contributed by atoms with Crippen molar-refractivity contribution in [3.63, 3.8) is 0 Å². The fraction of sp³-hybridized carbons (Fsp3) is 0.429. The summed E-state index contributed by atoms with van der Waals surface area (Å²) in [6.07, 6.45) is 0. The normalized spacial score (nSPS) is 10.9. The summed E-state index contributed by atoms with van der Waals surface area (Å²) in [5.41, 5.74) is 9.33. The van der Waals surface area contributed by atoms with Gasteiger partial charge < -0.3 is 19.8 Å². The van der Waals surface area contributed by atoms with Crippen molar-refractivity contribution in [1.29, 1.82) is 0 Å². The molecule has 0 saturated carbocycles. The number of rotatable bonds is 4. The van der Waals surface area contributed by atoms with Crippen LogP contribution in [0.5, 0.6) is 11.5 Å². The predicted molar refractivity (Wildman–Crippen MR) is 73.6 cm³/mol. The van der Waals surface area contributed by atoms with Gasteiger partial charge in [0.2, 0.25) is 0 Å². The minimum Gasteiger partial charge on any atom is -0.493 e. The van der Waals surface area contributed by atoms with E-state index in [1.165, 1.54) is 16.6 Å². The van der Waals surface area contributed by atoms with E-state index >= 15 is 0 Å².